The molecule has 1 rings (SSSR count). The lowest BCUT2D eigenvalue weighted by molar-refractivity contribution is -0.169. The van der Waals surface area contributed by atoms with Crippen LogP contribution in [-0.2, 0) is 14.3 Å². The van der Waals surface area contributed by atoms with Crippen LogP contribution in [0.4, 0.5) is 0 Å². The number of carbonyl (C=O) groups excluding carboxylic acids is 2. The molecule has 1 fully saturated rings. The molecule has 3 atom stereocenters. The third-order valence-electron chi connectivity index (χ3n) is 4.42. The van der Waals surface area contributed by atoms with Gasteiger partial charge in [-0.2, -0.15) is 5.26 Å². The summed E-state index contributed by atoms with van der Waals surface area (Å²) in [6.07, 6.45) is 5.00. The second kappa shape index (κ2) is 9.43. The van der Waals surface area contributed by atoms with Crippen molar-refractivity contribution in [2.75, 3.05) is 0 Å². The maximum atomic E-state index is 12.4. The van der Waals surface area contributed by atoms with E-state index in [1.807, 2.05) is 6.07 Å². The van der Waals surface area contributed by atoms with Gasteiger partial charge in [-0.3, -0.25) is 9.59 Å². The molecule has 0 aromatic carbocycles. The lowest BCUT2D eigenvalue weighted by Crippen LogP contribution is -2.47. The molecule has 0 aliphatic heterocycles. The fourth-order valence-electron chi connectivity index (χ4n) is 3.31. The summed E-state index contributed by atoms with van der Waals surface area (Å²) >= 11 is 0. The molecule has 0 bridgehead atoms. The summed E-state index contributed by atoms with van der Waals surface area (Å²) in [6, 6.07) is 1.93. The van der Waals surface area contributed by atoms with Gasteiger partial charge in [0.15, 0.2) is 11.4 Å². The van der Waals surface area contributed by atoms with E-state index < -0.39 is 29.4 Å². The molecular formula is C18H27NO5. The van der Waals surface area contributed by atoms with Crippen LogP contribution in [0.15, 0.2) is 11.8 Å². The van der Waals surface area contributed by atoms with Gasteiger partial charge in [0, 0.05) is 26.2 Å². The Balaban J connectivity index is 3.00. The predicted molar refractivity (Wildman–Crippen MR) is 87.9 cm³/mol. The van der Waals surface area contributed by atoms with E-state index in [4.69, 9.17) is 10.00 Å². The standard InChI is InChI=1S/C18H27NO5/c1-3-4-5-6-7-9-14(21)17-15(22)12-16(23)18(17,10-8-11-19)24-13(2)20/h9,15,17,21-22H,3-8,10,12H2,1-2H3/b14-9+. The van der Waals surface area contributed by atoms with Gasteiger partial charge in [0.1, 0.15) is 0 Å². The second-order valence-electron chi connectivity index (χ2n) is 6.29. The van der Waals surface area contributed by atoms with Crippen LogP contribution in [0.25, 0.3) is 0 Å². The van der Waals surface area contributed by atoms with Crippen molar-refractivity contribution in [1.82, 2.24) is 0 Å². The van der Waals surface area contributed by atoms with Gasteiger partial charge in [0.05, 0.1) is 23.9 Å². The van der Waals surface area contributed by atoms with Crippen molar-refractivity contribution < 1.29 is 24.5 Å². The van der Waals surface area contributed by atoms with Crippen LogP contribution < -0.4 is 0 Å². The van der Waals surface area contributed by atoms with Crippen LogP contribution in [-0.4, -0.2) is 33.7 Å². The maximum Gasteiger partial charge on any atom is 0.303 e. The van der Waals surface area contributed by atoms with E-state index >= 15 is 0 Å². The molecule has 0 aromatic rings. The molecular weight excluding hydrogens is 310 g/mol. The third-order valence-corrected chi connectivity index (χ3v) is 4.42. The van der Waals surface area contributed by atoms with Gasteiger partial charge >= 0.3 is 5.97 Å². The zero-order valence-electron chi connectivity index (χ0n) is 14.5. The average Bonchev–Trinajstić information content (AvgIpc) is 2.74. The van der Waals surface area contributed by atoms with Gasteiger partial charge in [-0.25, -0.2) is 0 Å². The van der Waals surface area contributed by atoms with Gasteiger partial charge in [-0.1, -0.05) is 26.2 Å². The van der Waals surface area contributed by atoms with Crippen LogP contribution in [0.3, 0.4) is 0 Å². The van der Waals surface area contributed by atoms with Crippen molar-refractivity contribution in [3.05, 3.63) is 11.8 Å². The van der Waals surface area contributed by atoms with Crippen LogP contribution in [0.5, 0.6) is 0 Å². The number of rotatable bonds is 9. The average molecular weight is 337 g/mol. The molecule has 6 nitrogen and oxygen atoms in total. The van der Waals surface area contributed by atoms with Crippen molar-refractivity contribution in [2.24, 2.45) is 5.92 Å². The number of aliphatic hydroxyl groups is 2. The van der Waals surface area contributed by atoms with Crippen molar-refractivity contribution in [3.63, 3.8) is 0 Å². The number of nitrogens with zero attached hydrogens (tertiary/aromatic N) is 1. The minimum absolute atomic E-state index is 0.00792. The first-order valence-electron chi connectivity index (χ1n) is 8.56. The van der Waals surface area contributed by atoms with Gasteiger partial charge < -0.3 is 14.9 Å². The maximum absolute atomic E-state index is 12.4. The Labute approximate surface area is 143 Å². The highest BCUT2D eigenvalue weighted by molar-refractivity contribution is 5.93. The van der Waals surface area contributed by atoms with E-state index in [1.54, 1.807) is 6.08 Å². The highest BCUT2D eigenvalue weighted by atomic mass is 16.6. The molecule has 1 aliphatic rings. The van der Waals surface area contributed by atoms with E-state index in [2.05, 4.69) is 6.92 Å². The molecule has 2 N–H and O–H groups in total. The molecule has 0 saturated heterocycles. The number of carbonyl (C=O) groups is 2. The molecule has 0 radical (unpaired) electrons. The van der Waals surface area contributed by atoms with E-state index in [1.165, 1.54) is 6.92 Å². The Morgan fingerprint density at radius 3 is 2.75 bits per heavy atom. The lowest BCUT2D eigenvalue weighted by Gasteiger charge is -2.33. The molecule has 1 aliphatic carbocycles. The molecule has 134 valence electrons. The minimum atomic E-state index is -1.65. The number of unbranched alkanes of at least 4 members (excludes halogenated alkanes) is 4. The minimum Gasteiger partial charge on any atom is -0.512 e. The van der Waals surface area contributed by atoms with Gasteiger partial charge in [-0.05, 0) is 18.9 Å². The van der Waals surface area contributed by atoms with Gasteiger partial charge in [0.2, 0.25) is 0 Å². The number of Topliss-reactive ketones (excluding diaryl/α,β-unsaturated/α-hetero) is 1. The highest BCUT2D eigenvalue weighted by Crippen LogP contribution is 2.43. The highest BCUT2D eigenvalue weighted by Gasteiger charge is 2.58. The molecule has 6 heteroatoms. The van der Waals surface area contributed by atoms with Crippen LogP contribution >= 0.6 is 0 Å². The molecule has 0 amide bonds. The summed E-state index contributed by atoms with van der Waals surface area (Å²) < 4.78 is 5.26. The third kappa shape index (κ3) is 4.81. The first-order chi connectivity index (χ1) is 11.4. The van der Waals surface area contributed by atoms with Gasteiger partial charge in [0.25, 0.3) is 0 Å². The largest absolute Gasteiger partial charge is 0.512 e. The van der Waals surface area contributed by atoms with Crippen molar-refractivity contribution in [2.45, 2.75) is 76.9 Å². The molecule has 0 heterocycles. The Morgan fingerprint density at radius 2 is 2.17 bits per heavy atom. The monoisotopic (exact) mass is 337 g/mol. The summed E-state index contributed by atoms with van der Waals surface area (Å²) in [5.74, 6) is -2.26. The Kier molecular flexibility index (Phi) is 7.93. The lowest BCUT2D eigenvalue weighted by atomic mass is 9.83. The first-order valence-corrected chi connectivity index (χ1v) is 8.56. The first kappa shape index (κ1) is 20.2. The molecule has 24 heavy (non-hydrogen) atoms. The normalized spacial score (nSPS) is 27.1. The fraction of sp³-hybridized carbons (Fsp3) is 0.722. The zero-order valence-corrected chi connectivity index (χ0v) is 14.5. The summed E-state index contributed by atoms with van der Waals surface area (Å²) in [5.41, 5.74) is -1.65. The quantitative estimate of drug-likeness (QED) is 0.380. The smallest absolute Gasteiger partial charge is 0.303 e. The van der Waals surface area contributed by atoms with E-state index in [-0.39, 0.29) is 25.0 Å². The summed E-state index contributed by atoms with van der Waals surface area (Å²) in [7, 11) is 0. The van der Waals surface area contributed by atoms with Gasteiger partial charge in [-0.15, -0.1) is 0 Å². The number of hydrogen-bond donors (Lipinski definition) is 2. The molecule has 0 aromatic heterocycles. The Hall–Kier alpha value is -1.87. The summed E-state index contributed by atoms with van der Waals surface area (Å²) in [6.45, 7) is 3.28. The second-order valence-corrected chi connectivity index (χ2v) is 6.29. The predicted octanol–water partition coefficient (Wildman–Crippen LogP) is 2.95. The van der Waals surface area contributed by atoms with E-state index in [0.717, 1.165) is 25.7 Å². The van der Waals surface area contributed by atoms with Crippen LogP contribution in [0.2, 0.25) is 0 Å². The Bertz CT molecular complexity index is 522. The number of ether oxygens (including phenoxy) is 1. The summed E-state index contributed by atoms with van der Waals surface area (Å²) in [5, 5.41) is 29.5. The Morgan fingerprint density at radius 1 is 1.46 bits per heavy atom. The molecule has 3 unspecified atom stereocenters. The van der Waals surface area contributed by atoms with Crippen LogP contribution in [0, 0.1) is 17.2 Å². The number of nitriles is 1. The number of aliphatic hydroxyl groups excluding tert-OH is 2. The van der Waals surface area contributed by atoms with E-state index in [9.17, 15) is 19.8 Å². The number of esters is 1. The molecule has 1 saturated carbocycles. The van der Waals surface area contributed by atoms with E-state index in [0.29, 0.717) is 6.42 Å². The van der Waals surface area contributed by atoms with Crippen molar-refractivity contribution >= 4 is 11.8 Å². The van der Waals surface area contributed by atoms with Crippen molar-refractivity contribution in [1.29, 1.82) is 5.26 Å². The summed E-state index contributed by atoms with van der Waals surface area (Å²) in [4.78, 5) is 23.9. The number of ketones is 1. The van der Waals surface area contributed by atoms with Crippen LogP contribution in [0.1, 0.15) is 65.2 Å². The topological polar surface area (TPSA) is 108 Å². The SMILES string of the molecule is CCCCCC/C=C(/O)C1C(O)CC(=O)C1(CCC#N)OC(C)=O. The zero-order chi connectivity index (χ0) is 18.2. The molecule has 0 spiro atoms. The number of hydrogen-bond acceptors (Lipinski definition) is 6. The van der Waals surface area contributed by atoms with Crippen molar-refractivity contribution in [3.8, 4) is 6.07 Å². The number of allylic oxidation sites excluding steroid dienone is 1. The fourth-order valence-corrected chi connectivity index (χ4v) is 3.31.